The fraction of sp³-hybridized carbons (Fsp3) is 1.00. The van der Waals surface area contributed by atoms with Crippen LogP contribution in [0.2, 0.25) is 0 Å². The fourth-order valence-corrected chi connectivity index (χ4v) is 2.00. The summed E-state index contributed by atoms with van der Waals surface area (Å²) in [5.74, 6) is 0. The van der Waals surface area contributed by atoms with Crippen LogP contribution in [0.25, 0.3) is 0 Å². The molecule has 0 aromatic heterocycles. The second-order valence-electron chi connectivity index (χ2n) is 4.57. The van der Waals surface area contributed by atoms with Gasteiger partial charge in [0.25, 0.3) is 0 Å². The minimum absolute atomic E-state index is 0.107. The van der Waals surface area contributed by atoms with Crippen LogP contribution in [0.5, 0.6) is 0 Å². The quantitative estimate of drug-likeness (QED) is 0.770. The first-order valence-corrected chi connectivity index (χ1v) is 6.47. The highest BCUT2D eigenvalue weighted by atomic mass is 19.4. The molecule has 18 heavy (non-hydrogen) atoms. The van der Waals surface area contributed by atoms with E-state index in [1.165, 1.54) is 0 Å². The van der Waals surface area contributed by atoms with E-state index in [9.17, 15) is 13.2 Å². The van der Waals surface area contributed by atoms with E-state index in [2.05, 4.69) is 5.32 Å². The smallest absolute Gasteiger partial charge is 0.374 e. The lowest BCUT2D eigenvalue weighted by Gasteiger charge is -2.45. The standard InChI is InChI=1S/C12H22F3NO2/c1-4-6-16-9-7-10(11(9)17-5-2)18-8(3)12(13,14)15/h8-11,16H,4-7H2,1-3H3. The summed E-state index contributed by atoms with van der Waals surface area (Å²) in [6.07, 6.45) is -5.22. The number of halogens is 3. The van der Waals surface area contributed by atoms with Crippen LogP contribution < -0.4 is 5.32 Å². The Morgan fingerprint density at radius 3 is 2.50 bits per heavy atom. The maximum Gasteiger partial charge on any atom is 0.414 e. The molecule has 1 fully saturated rings. The van der Waals surface area contributed by atoms with E-state index in [0.29, 0.717) is 13.0 Å². The second-order valence-corrected chi connectivity index (χ2v) is 4.57. The van der Waals surface area contributed by atoms with Crippen LogP contribution in [0, 0.1) is 0 Å². The van der Waals surface area contributed by atoms with Gasteiger partial charge >= 0.3 is 6.18 Å². The van der Waals surface area contributed by atoms with Gasteiger partial charge in [-0.25, -0.2) is 0 Å². The molecule has 4 unspecified atom stereocenters. The molecule has 1 saturated carbocycles. The summed E-state index contributed by atoms with van der Waals surface area (Å²) in [7, 11) is 0. The Morgan fingerprint density at radius 2 is 2.00 bits per heavy atom. The molecule has 3 nitrogen and oxygen atoms in total. The third kappa shape index (κ3) is 4.10. The van der Waals surface area contributed by atoms with E-state index in [1.54, 1.807) is 0 Å². The van der Waals surface area contributed by atoms with E-state index < -0.39 is 18.4 Å². The summed E-state index contributed by atoms with van der Waals surface area (Å²) in [5, 5.41) is 3.26. The number of alkyl halides is 3. The van der Waals surface area contributed by atoms with Gasteiger partial charge in [0.2, 0.25) is 0 Å². The first kappa shape index (κ1) is 15.7. The molecule has 0 amide bonds. The normalized spacial score (nSPS) is 30.0. The number of hydrogen-bond donors (Lipinski definition) is 1. The number of rotatable bonds is 7. The Labute approximate surface area is 106 Å². The summed E-state index contributed by atoms with van der Waals surface area (Å²) < 4.78 is 47.7. The van der Waals surface area contributed by atoms with Gasteiger partial charge in [0.15, 0.2) is 6.10 Å². The van der Waals surface area contributed by atoms with Crippen molar-refractivity contribution >= 4 is 0 Å². The van der Waals surface area contributed by atoms with Crippen LogP contribution in [0.4, 0.5) is 13.2 Å². The molecule has 0 heterocycles. The summed E-state index contributed by atoms with van der Waals surface area (Å²) >= 11 is 0. The molecule has 1 aliphatic rings. The van der Waals surface area contributed by atoms with Crippen molar-refractivity contribution in [1.29, 1.82) is 0 Å². The van der Waals surface area contributed by atoms with Gasteiger partial charge in [-0.05, 0) is 33.2 Å². The fourth-order valence-electron chi connectivity index (χ4n) is 2.00. The van der Waals surface area contributed by atoms with Gasteiger partial charge in [-0.1, -0.05) is 6.92 Å². The largest absolute Gasteiger partial charge is 0.414 e. The maximum atomic E-state index is 12.4. The van der Waals surface area contributed by atoms with Gasteiger partial charge in [0.1, 0.15) is 0 Å². The first-order chi connectivity index (χ1) is 8.40. The van der Waals surface area contributed by atoms with E-state index in [0.717, 1.165) is 19.9 Å². The zero-order valence-electron chi connectivity index (χ0n) is 11.1. The molecule has 1 N–H and O–H groups in total. The van der Waals surface area contributed by atoms with Crippen molar-refractivity contribution in [3.05, 3.63) is 0 Å². The van der Waals surface area contributed by atoms with Gasteiger partial charge in [-0.2, -0.15) is 13.2 Å². The molecule has 108 valence electrons. The van der Waals surface area contributed by atoms with Gasteiger partial charge in [-0.15, -0.1) is 0 Å². The van der Waals surface area contributed by atoms with Crippen LogP contribution in [0.1, 0.15) is 33.6 Å². The molecule has 0 radical (unpaired) electrons. The predicted molar refractivity (Wildman–Crippen MR) is 62.5 cm³/mol. The van der Waals surface area contributed by atoms with Crippen LogP contribution in [0.3, 0.4) is 0 Å². The Morgan fingerprint density at radius 1 is 1.33 bits per heavy atom. The molecule has 0 aromatic carbocycles. The Kier molecular flexibility index (Phi) is 5.88. The Bertz CT molecular complexity index is 248. The number of nitrogens with one attached hydrogen (secondary N) is 1. The van der Waals surface area contributed by atoms with Gasteiger partial charge in [0.05, 0.1) is 12.2 Å². The Hall–Kier alpha value is -0.330. The SMILES string of the molecule is CCCNC1CC(OC(C)C(F)(F)F)C1OCC. The van der Waals surface area contributed by atoms with Crippen molar-refractivity contribution in [2.45, 2.75) is 64.1 Å². The summed E-state index contributed by atoms with van der Waals surface area (Å²) in [6, 6.07) is 0.107. The molecule has 0 aliphatic heterocycles. The lowest BCUT2D eigenvalue weighted by atomic mass is 9.85. The summed E-state index contributed by atoms with van der Waals surface area (Å²) in [6.45, 7) is 6.24. The molecule has 1 aliphatic carbocycles. The van der Waals surface area contributed by atoms with E-state index in [4.69, 9.17) is 9.47 Å². The van der Waals surface area contributed by atoms with Crippen LogP contribution in [0.15, 0.2) is 0 Å². The molecule has 6 heteroatoms. The highest BCUT2D eigenvalue weighted by Crippen LogP contribution is 2.32. The minimum atomic E-state index is -4.31. The third-order valence-corrected chi connectivity index (χ3v) is 3.10. The van der Waals surface area contributed by atoms with Crippen molar-refractivity contribution in [2.24, 2.45) is 0 Å². The topological polar surface area (TPSA) is 30.5 Å². The van der Waals surface area contributed by atoms with Gasteiger partial charge in [-0.3, -0.25) is 0 Å². The molecule has 0 saturated heterocycles. The van der Waals surface area contributed by atoms with Crippen LogP contribution in [-0.4, -0.2) is 43.7 Å². The molecule has 0 bridgehead atoms. The van der Waals surface area contributed by atoms with Crippen molar-refractivity contribution in [3.63, 3.8) is 0 Å². The van der Waals surface area contributed by atoms with Crippen molar-refractivity contribution in [1.82, 2.24) is 5.32 Å². The monoisotopic (exact) mass is 269 g/mol. The minimum Gasteiger partial charge on any atom is -0.374 e. The summed E-state index contributed by atoms with van der Waals surface area (Å²) in [5.41, 5.74) is 0. The number of hydrogen-bond acceptors (Lipinski definition) is 3. The highest BCUT2D eigenvalue weighted by Gasteiger charge is 2.47. The molecule has 0 spiro atoms. The molecule has 1 rings (SSSR count). The van der Waals surface area contributed by atoms with E-state index in [1.807, 2.05) is 13.8 Å². The van der Waals surface area contributed by atoms with Crippen molar-refractivity contribution < 1.29 is 22.6 Å². The molecular weight excluding hydrogens is 247 g/mol. The van der Waals surface area contributed by atoms with E-state index in [-0.39, 0.29) is 12.1 Å². The zero-order chi connectivity index (χ0) is 13.8. The van der Waals surface area contributed by atoms with Crippen molar-refractivity contribution in [2.75, 3.05) is 13.2 Å². The third-order valence-electron chi connectivity index (χ3n) is 3.10. The molecular formula is C12H22F3NO2. The average Bonchev–Trinajstić information content (AvgIpc) is 2.28. The van der Waals surface area contributed by atoms with Crippen LogP contribution in [-0.2, 0) is 9.47 Å². The summed E-state index contributed by atoms with van der Waals surface area (Å²) in [4.78, 5) is 0. The molecule has 0 aromatic rings. The second kappa shape index (κ2) is 6.73. The highest BCUT2D eigenvalue weighted by molar-refractivity contribution is 4.97. The average molecular weight is 269 g/mol. The Balaban J connectivity index is 2.42. The molecule has 4 atom stereocenters. The lowest BCUT2D eigenvalue weighted by Crippen LogP contribution is -2.61. The van der Waals surface area contributed by atoms with E-state index >= 15 is 0 Å². The van der Waals surface area contributed by atoms with Gasteiger partial charge in [0, 0.05) is 12.6 Å². The van der Waals surface area contributed by atoms with Crippen molar-refractivity contribution in [3.8, 4) is 0 Å². The zero-order valence-corrected chi connectivity index (χ0v) is 11.1. The first-order valence-electron chi connectivity index (χ1n) is 6.47. The maximum absolute atomic E-state index is 12.4. The van der Waals surface area contributed by atoms with Gasteiger partial charge < -0.3 is 14.8 Å². The number of ether oxygens (including phenoxy) is 2. The van der Waals surface area contributed by atoms with Crippen LogP contribution >= 0.6 is 0 Å². The lowest BCUT2D eigenvalue weighted by molar-refractivity contribution is -0.256. The predicted octanol–water partition coefficient (Wildman–Crippen LogP) is 2.50.